The molecule has 0 aliphatic rings. The second-order valence-electron chi connectivity index (χ2n) is 3.42. The van der Waals surface area contributed by atoms with Crippen LogP contribution in [-0.2, 0) is 22.1 Å². The highest BCUT2D eigenvalue weighted by atomic mass is 32.2. The van der Waals surface area contributed by atoms with Crippen LogP contribution < -0.4 is 5.32 Å². The molecule has 0 fully saturated rings. The van der Waals surface area contributed by atoms with Crippen LogP contribution in [0.3, 0.4) is 0 Å². The zero-order valence-corrected chi connectivity index (χ0v) is 10.0. The van der Waals surface area contributed by atoms with Crippen LogP contribution in [-0.4, -0.2) is 33.3 Å². The molecule has 17 heavy (non-hydrogen) atoms. The predicted molar refractivity (Wildman–Crippen MR) is 63.2 cm³/mol. The summed E-state index contributed by atoms with van der Waals surface area (Å²) in [5.74, 6) is -0.698. The smallest absolute Gasteiger partial charge is 0.232 e. The molecule has 0 bridgehead atoms. The first-order valence-electron chi connectivity index (χ1n) is 5.09. The van der Waals surface area contributed by atoms with Gasteiger partial charge in [-0.3, -0.25) is 9.00 Å². The van der Waals surface area contributed by atoms with E-state index in [1.54, 1.807) is 12.1 Å². The molecule has 94 valence electrons. The lowest BCUT2D eigenvalue weighted by Gasteiger charge is -2.05. The highest BCUT2D eigenvalue weighted by molar-refractivity contribution is 7.85. The number of hydrogen-bond donors (Lipinski definition) is 2. The zero-order valence-electron chi connectivity index (χ0n) is 9.19. The van der Waals surface area contributed by atoms with Crippen molar-refractivity contribution in [3.05, 3.63) is 35.6 Å². The molecule has 0 radical (unpaired) electrons. The number of halogens is 1. The lowest BCUT2D eigenvalue weighted by Crippen LogP contribution is -2.28. The van der Waals surface area contributed by atoms with E-state index in [4.69, 9.17) is 5.11 Å². The van der Waals surface area contributed by atoms with Gasteiger partial charge < -0.3 is 10.4 Å². The topological polar surface area (TPSA) is 66.4 Å². The Balaban J connectivity index is 2.33. The maximum atomic E-state index is 12.6. The number of nitrogens with one attached hydrogen (secondary N) is 1. The number of carbonyl (C=O) groups is 1. The summed E-state index contributed by atoms with van der Waals surface area (Å²) in [4.78, 5) is 11.3. The molecular formula is C11H14FNO3S. The Labute approximate surface area is 101 Å². The molecule has 1 aromatic rings. The Morgan fingerprint density at radius 1 is 1.35 bits per heavy atom. The van der Waals surface area contributed by atoms with E-state index in [1.807, 2.05) is 0 Å². The van der Waals surface area contributed by atoms with Gasteiger partial charge >= 0.3 is 0 Å². The molecule has 0 aliphatic carbocycles. The number of hydrogen-bond acceptors (Lipinski definition) is 3. The Bertz CT molecular complexity index is 394. The summed E-state index contributed by atoms with van der Waals surface area (Å²) in [6.45, 7) is 0.0767. The Kier molecular flexibility index (Phi) is 5.79. The number of amides is 1. The minimum atomic E-state index is -1.33. The summed E-state index contributed by atoms with van der Waals surface area (Å²) in [5, 5.41) is 11.1. The van der Waals surface area contributed by atoms with Crippen LogP contribution >= 0.6 is 0 Å². The minimum Gasteiger partial charge on any atom is -0.395 e. The van der Waals surface area contributed by atoms with E-state index in [-0.39, 0.29) is 36.4 Å². The maximum absolute atomic E-state index is 12.6. The number of aliphatic hydroxyl groups is 1. The Morgan fingerprint density at radius 3 is 2.59 bits per heavy atom. The van der Waals surface area contributed by atoms with Gasteiger partial charge in [-0.25, -0.2) is 4.39 Å². The van der Waals surface area contributed by atoms with Gasteiger partial charge in [-0.05, 0) is 17.7 Å². The lowest BCUT2D eigenvalue weighted by atomic mass is 10.2. The first kappa shape index (κ1) is 13.8. The van der Waals surface area contributed by atoms with Crippen molar-refractivity contribution in [2.45, 2.75) is 6.54 Å². The maximum Gasteiger partial charge on any atom is 0.232 e. The van der Waals surface area contributed by atoms with E-state index in [2.05, 4.69) is 5.32 Å². The fourth-order valence-electron chi connectivity index (χ4n) is 1.17. The summed E-state index contributed by atoms with van der Waals surface area (Å²) in [6, 6.07) is 5.76. The molecule has 0 aliphatic heterocycles. The van der Waals surface area contributed by atoms with Crippen LogP contribution in [0.1, 0.15) is 5.56 Å². The largest absolute Gasteiger partial charge is 0.395 e. The minimum absolute atomic E-state index is 0.101. The summed E-state index contributed by atoms with van der Waals surface area (Å²) < 4.78 is 23.7. The summed E-state index contributed by atoms with van der Waals surface area (Å²) in [6.07, 6.45) is 0. The van der Waals surface area contributed by atoms with Crippen LogP contribution in [0, 0.1) is 5.82 Å². The first-order valence-corrected chi connectivity index (χ1v) is 6.57. The molecule has 0 aromatic heterocycles. The number of benzene rings is 1. The highest BCUT2D eigenvalue weighted by Crippen LogP contribution is 2.01. The molecule has 0 saturated heterocycles. The summed E-state index contributed by atoms with van der Waals surface area (Å²) in [7, 11) is -1.33. The van der Waals surface area contributed by atoms with Crippen molar-refractivity contribution in [2.24, 2.45) is 0 Å². The summed E-state index contributed by atoms with van der Waals surface area (Å²) >= 11 is 0. The number of carbonyl (C=O) groups excluding carboxylic acids is 1. The monoisotopic (exact) mass is 259 g/mol. The van der Waals surface area contributed by atoms with Gasteiger partial charge in [0.15, 0.2) is 0 Å². The lowest BCUT2D eigenvalue weighted by molar-refractivity contribution is -0.118. The normalized spacial score (nSPS) is 12.1. The van der Waals surface area contributed by atoms with Crippen molar-refractivity contribution in [1.29, 1.82) is 0 Å². The molecule has 0 saturated carbocycles. The highest BCUT2D eigenvalue weighted by Gasteiger charge is 2.06. The van der Waals surface area contributed by atoms with Gasteiger partial charge in [-0.1, -0.05) is 12.1 Å². The van der Waals surface area contributed by atoms with Gasteiger partial charge in [0, 0.05) is 23.1 Å². The molecule has 1 unspecified atom stereocenters. The van der Waals surface area contributed by atoms with Crippen molar-refractivity contribution in [3.8, 4) is 0 Å². The van der Waals surface area contributed by atoms with Gasteiger partial charge in [0.1, 0.15) is 11.6 Å². The van der Waals surface area contributed by atoms with Gasteiger partial charge in [0.05, 0.1) is 6.61 Å². The van der Waals surface area contributed by atoms with Crippen LogP contribution in [0.4, 0.5) is 4.39 Å². The SMILES string of the molecule is O=C(CS(=O)CCO)NCc1ccc(F)cc1. The van der Waals surface area contributed by atoms with E-state index in [9.17, 15) is 13.4 Å². The zero-order chi connectivity index (χ0) is 12.7. The molecule has 2 N–H and O–H groups in total. The first-order chi connectivity index (χ1) is 8.11. The van der Waals surface area contributed by atoms with Crippen LogP contribution in [0.2, 0.25) is 0 Å². The van der Waals surface area contributed by atoms with Crippen LogP contribution in [0.5, 0.6) is 0 Å². The Morgan fingerprint density at radius 2 is 2.00 bits per heavy atom. The van der Waals surface area contributed by atoms with Gasteiger partial charge in [-0.15, -0.1) is 0 Å². The molecule has 6 heteroatoms. The number of rotatable bonds is 6. The molecule has 1 rings (SSSR count). The molecule has 0 spiro atoms. The quantitative estimate of drug-likeness (QED) is 0.766. The van der Waals surface area contributed by atoms with Crippen molar-refractivity contribution in [2.75, 3.05) is 18.1 Å². The standard InChI is InChI=1S/C11H14FNO3S/c12-10-3-1-9(2-4-10)7-13-11(15)8-17(16)6-5-14/h1-4,14H,5-8H2,(H,13,15). The van der Waals surface area contributed by atoms with E-state index in [0.717, 1.165) is 5.56 Å². The van der Waals surface area contributed by atoms with Gasteiger partial charge in [0.2, 0.25) is 5.91 Å². The van der Waals surface area contributed by atoms with Crippen LogP contribution in [0.15, 0.2) is 24.3 Å². The fourth-order valence-corrected chi connectivity index (χ4v) is 1.92. The van der Waals surface area contributed by atoms with E-state index >= 15 is 0 Å². The fraction of sp³-hybridized carbons (Fsp3) is 0.364. The van der Waals surface area contributed by atoms with Gasteiger partial charge in [-0.2, -0.15) is 0 Å². The third-order valence-corrected chi connectivity index (χ3v) is 3.24. The Hall–Kier alpha value is -1.27. The molecule has 1 amide bonds. The van der Waals surface area contributed by atoms with Crippen molar-refractivity contribution >= 4 is 16.7 Å². The average Bonchev–Trinajstić information content (AvgIpc) is 2.28. The molecule has 1 atom stereocenters. The van der Waals surface area contributed by atoms with E-state index in [0.29, 0.717) is 0 Å². The predicted octanol–water partition coefficient (Wildman–Crippen LogP) is 0.183. The second kappa shape index (κ2) is 7.13. The molecular weight excluding hydrogens is 245 g/mol. The molecule has 1 aromatic carbocycles. The van der Waals surface area contributed by atoms with E-state index < -0.39 is 10.8 Å². The average molecular weight is 259 g/mol. The number of aliphatic hydroxyl groups excluding tert-OH is 1. The molecule has 0 heterocycles. The van der Waals surface area contributed by atoms with Gasteiger partial charge in [0.25, 0.3) is 0 Å². The van der Waals surface area contributed by atoms with E-state index in [1.165, 1.54) is 12.1 Å². The third-order valence-electron chi connectivity index (χ3n) is 2.01. The van der Waals surface area contributed by atoms with Crippen molar-refractivity contribution in [3.63, 3.8) is 0 Å². The third kappa shape index (κ3) is 5.55. The van der Waals surface area contributed by atoms with Crippen molar-refractivity contribution in [1.82, 2.24) is 5.32 Å². The van der Waals surface area contributed by atoms with Crippen LogP contribution in [0.25, 0.3) is 0 Å². The van der Waals surface area contributed by atoms with Crippen molar-refractivity contribution < 1.29 is 18.5 Å². The summed E-state index contributed by atoms with van der Waals surface area (Å²) in [5.41, 5.74) is 0.771. The second-order valence-corrected chi connectivity index (χ2v) is 4.99. The molecule has 4 nitrogen and oxygen atoms in total.